The Morgan fingerprint density at radius 3 is 1.83 bits per heavy atom. The van der Waals surface area contributed by atoms with Gasteiger partial charge in [-0.25, -0.2) is 4.79 Å². The molecule has 0 aromatic carbocycles. The van der Waals surface area contributed by atoms with Crippen LogP contribution in [-0.2, 0) is 9.53 Å². The summed E-state index contributed by atoms with van der Waals surface area (Å²) in [6.07, 6.45) is -2.66. The summed E-state index contributed by atoms with van der Waals surface area (Å²) < 4.78 is 39.3. The normalized spacial score (nSPS) is 10.8. The van der Waals surface area contributed by atoms with E-state index in [1.54, 1.807) is 0 Å². The first-order chi connectivity index (χ1) is 5.24. The highest BCUT2D eigenvalue weighted by Gasteiger charge is 2.23. The number of ether oxygens (including phenoxy) is 1. The van der Waals surface area contributed by atoms with Crippen molar-refractivity contribution in [3.05, 3.63) is 11.9 Å². The lowest BCUT2D eigenvalue weighted by atomic mass is 10.2. The Labute approximate surface area is 68.0 Å². The molecule has 0 bridgehead atoms. The Hall–Kier alpha value is -1.00. The van der Waals surface area contributed by atoms with Gasteiger partial charge >= 0.3 is 12.0 Å². The molecule has 0 aliphatic rings. The monoisotopic (exact) mass is 182 g/mol. The number of hydrogen-bond donors (Lipinski definition) is 0. The van der Waals surface area contributed by atoms with Gasteiger partial charge in [-0.15, -0.1) is 0 Å². The summed E-state index contributed by atoms with van der Waals surface area (Å²) in [4.78, 5) is 10.5. The molecule has 12 heavy (non-hydrogen) atoms. The van der Waals surface area contributed by atoms with E-state index in [1.165, 1.54) is 20.8 Å². The number of carbonyl (C=O) groups is 1. The maximum Gasteiger partial charge on any atom is 0.373 e. The molecule has 0 aromatic rings. The van der Waals surface area contributed by atoms with Gasteiger partial charge < -0.3 is 4.74 Å². The van der Waals surface area contributed by atoms with E-state index in [0.717, 1.165) is 0 Å². The highest BCUT2D eigenvalue weighted by atomic mass is 19.3. The Kier molecular flexibility index (Phi) is 3.30. The van der Waals surface area contributed by atoms with Crippen molar-refractivity contribution < 1.29 is 22.7 Å². The second-order valence-corrected chi connectivity index (χ2v) is 3.08. The Morgan fingerprint density at radius 2 is 1.58 bits per heavy atom. The predicted octanol–water partition coefficient (Wildman–Crippen LogP) is 2.41. The molecule has 70 valence electrons. The van der Waals surface area contributed by atoms with Crippen molar-refractivity contribution in [3.8, 4) is 0 Å². The highest BCUT2D eigenvalue weighted by Crippen LogP contribution is 2.15. The number of halogens is 3. The third-order valence-corrected chi connectivity index (χ3v) is 0.744. The minimum Gasteiger partial charge on any atom is -0.455 e. The molecule has 0 rings (SSSR count). The van der Waals surface area contributed by atoms with Gasteiger partial charge in [0, 0.05) is 0 Å². The van der Waals surface area contributed by atoms with Gasteiger partial charge in [0.05, 0.1) is 0 Å². The predicted molar refractivity (Wildman–Crippen MR) is 36.2 cm³/mol. The Balaban J connectivity index is 4.36. The summed E-state index contributed by atoms with van der Waals surface area (Å²) >= 11 is 0. The van der Waals surface area contributed by atoms with Crippen LogP contribution in [0.25, 0.3) is 0 Å². The van der Waals surface area contributed by atoms with Crippen LogP contribution in [0.1, 0.15) is 20.8 Å². The van der Waals surface area contributed by atoms with E-state index < -0.39 is 23.5 Å². The van der Waals surface area contributed by atoms with E-state index in [1.807, 2.05) is 0 Å². The summed E-state index contributed by atoms with van der Waals surface area (Å²) in [5.74, 6) is -3.77. The highest BCUT2D eigenvalue weighted by molar-refractivity contribution is 5.86. The van der Waals surface area contributed by atoms with E-state index in [0.29, 0.717) is 0 Å². The van der Waals surface area contributed by atoms with Crippen molar-refractivity contribution in [3.63, 3.8) is 0 Å². The van der Waals surface area contributed by atoms with Gasteiger partial charge in [0.15, 0.2) is 0 Å². The summed E-state index contributed by atoms with van der Waals surface area (Å²) in [7, 11) is 0. The molecular formula is C7H9F3O2. The molecule has 0 fully saturated rings. The lowest BCUT2D eigenvalue weighted by Crippen LogP contribution is -2.24. The molecule has 0 aromatic heterocycles. The summed E-state index contributed by atoms with van der Waals surface area (Å²) in [6.45, 7) is 4.36. The zero-order valence-electron chi connectivity index (χ0n) is 6.95. The molecule has 0 unspecified atom stereocenters. The maximum atomic E-state index is 12.1. The SMILES string of the molecule is CC(C)(C)OC(=O)C(F)=C(F)F. The van der Waals surface area contributed by atoms with Gasteiger partial charge in [-0.3, -0.25) is 0 Å². The van der Waals surface area contributed by atoms with Crippen molar-refractivity contribution in [1.82, 2.24) is 0 Å². The van der Waals surface area contributed by atoms with Crippen LogP contribution in [0.5, 0.6) is 0 Å². The maximum absolute atomic E-state index is 12.1. The number of esters is 1. The van der Waals surface area contributed by atoms with Gasteiger partial charge in [0.25, 0.3) is 5.83 Å². The minimum absolute atomic E-state index is 0.968. The molecule has 0 radical (unpaired) electrons. The average molecular weight is 182 g/mol. The first-order valence-corrected chi connectivity index (χ1v) is 3.18. The second kappa shape index (κ2) is 3.60. The smallest absolute Gasteiger partial charge is 0.373 e. The number of hydrogen-bond acceptors (Lipinski definition) is 2. The minimum atomic E-state index is -2.66. The van der Waals surface area contributed by atoms with Crippen LogP contribution in [0.2, 0.25) is 0 Å². The fraction of sp³-hybridized carbons (Fsp3) is 0.571. The zero-order chi connectivity index (χ0) is 9.94. The fourth-order valence-corrected chi connectivity index (χ4v) is 0.400. The summed E-state index contributed by atoms with van der Waals surface area (Å²) in [5.41, 5.74) is -0.968. The molecule has 0 heterocycles. The first kappa shape index (κ1) is 11.0. The molecule has 0 saturated carbocycles. The number of rotatable bonds is 1. The van der Waals surface area contributed by atoms with E-state index >= 15 is 0 Å². The van der Waals surface area contributed by atoms with Crippen LogP contribution in [-0.4, -0.2) is 11.6 Å². The van der Waals surface area contributed by atoms with Crippen LogP contribution in [0.4, 0.5) is 13.2 Å². The van der Waals surface area contributed by atoms with Crippen LogP contribution in [0.3, 0.4) is 0 Å². The fourth-order valence-electron chi connectivity index (χ4n) is 0.400. The van der Waals surface area contributed by atoms with E-state index in [2.05, 4.69) is 4.74 Å². The van der Waals surface area contributed by atoms with Crippen LogP contribution in [0.15, 0.2) is 11.9 Å². The van der Waals surface area contributed by atoms with Crippen molar-refractivity contribution in [2.45, 2.75) is 26.4 Å². The summed E-state index contributed by atoms with van der Waals surface area (Å²) in [5, 5.41) is 0. The largest absolute Gasteiger partial charge is 0.455 e. The molecular weight excluding hydrogens is 173 g/mol. The van der Waals surface area contributed by atoms with Gasteiger partial charge in [0.2, 0.25) is 0 Å². The standard InChI is InChI=1S/C7H9F3O2/c1-7(2,3)12-6(11)4(8)5(9)10/h1-3H3. The number of carbonyl (C=O) groups excluding carboxylic acids is 1. The zero-order valence-corrected chi connectivity index (χ0v) is 6.95. The van der Waals surface area contributed by atoms with Gasteiger partial charge in [-0.1, -0.05) is 0 Å². The third-order valence-electron chi connectivity index (χ3n) is 0.744. The first-order valence-electron chi connectivity index (χ1n) is 3.18. The quantitative estimate of drug-likeness (QED) is 0.459. The molecule has 0 spiro atoms. The van der Waals surface area contributed by atoms with Crippen LogP contribution >= 0.6 is 0 Å². The summed E-state index contributed by atoms with van der Waals surface area (Å²) in [6, 6.07) is 0. The molecule has 0 N–H and O–H groups in total. The van der Waals surface area contributed by atoms with Crippen molar-refractivity contribution in [2.24, 2.45) is 0 Å². The molecule has 0 amide bonds. The van der Waals surface area contributed by atoms with Crippen LogP contribution in [0, 0.1) is 0 Å². The van der Waals surface area contributed by atoms with Crippen molar-refractivity contribution in [1.29, 1.82) is 0 Å². The second-order valence-electron chi connectivity index (χ2n) is 3.08. The van der Waals surface area contributed by atoms with Gasteiger partial charge in [-0.2, -0.15) is 13.2 Å². The van der Waals surface area contributed by atoms with Gasteiger partial charge in [0.1, 0.15) is 5.60 Å². The molecule has 5 heteroatoms. The topological polar surface area (TPSA) is 26.3 Å². The van der Waals surface area contributed by atoms with Gasteiger partial charge in [-0.05, 0) is 20.8 Å². The van der Waals surface area contributed by atoms with E-state index in [4.69, 9.17) is 0 Å². The van der Waals surface area contributed by atoms with Crippen molar-refractivity contribution in [2.75, 3.05) is 0 Å². The molecule has 0 saturated heterocycles. The van der Waals surface area contributed by atoms with E-state index in [9.17, 15) is 18.0 Å². The lowest BCUT2D eigenvalue weighted by molar-refractivity contribution is -0.152. The molecule has 0 aliphatic heterocycles. The van der Waals surface area contributed by atoms with E-state index in [-0.39, 0.29) is 0 Å². The lowest BCUT2D eigenvalue weighted by Gasteiger charge is -2.18. The Morgan fingerprint density at radius 1 is 1.17 bits per heavy atom. The molecule has 0 atom stereocenters. The molecule has 2 nitrogen and oxygen atoms in total. The Bertz CT molecular complexity index is 211. The average Bonchev–Trinajstić information content (AvgIpc) is 1.82. The third kappa shape index (κ3) is 4.00. The molecule has 0 aliphatic carbocycles. The van der Waals surface area contributed by atoms with Crippen molar-refractivity contribution >= 4 is 5.97 Å². The van der Waals surface area contributed by atoms with Crippen LogP contribution < -0.4 is 0 Å².